The maximum absolute atomic E-state index is 13.2. The van der Waals surface area contributed by atoms with E-state index in [1.54, 1.807) is 4.68 Å². The summed E-state index contributed by atoms with van der Waals surface area (Å²) in [6, 6.07) is 18.2. The summed E-state index contributed by atoms with van der Waals surface area (Å²) in [6.45, 7) is 9.15. The van der Waals surface area contributed by atoms with Gasteiger partial charge in [0.15, 0.2) is 0 Å². The Bertz CT molecular complexity index is 1240. The van der Waals surface area contributed by atoms with E-state index < -0.39 is 0 Å². The van der Waals surface area contributed by atoms with Crippen LogP contribution in [0.3, 0.4) is 0 Å². The topological polar surface area (TPSA) is 82.9 Å². The van der Waals surface area contributed by atoms with Gasteiger partial charge in [-0.25, -0.2) is 0 Å². The highest BCUT2D eigenvalue weighted by atomic mass is 16.2. The second-order valence-electron chi connectivity index (χ2n) is 9.24. The number of para-hydroxylation sites is 1. The number of fused-ring (bicyclic) bond motifs is 1. The maximum Gasteiger partial charge on any atom is 0.270 e. The SMILES string of the molecule is CC(C)(C)c1ccc2cc(C(=O)N3CCN(c4nnnn4-c4ccccc4)CC3)[nH]c2c1. The third kappa shape index (κ3) is 3.72. The van der Waals surface area contributed by atoms with Crippen LogP contribution >= 0.6 is 0 Å². The van der Waals surface area contributed by atoms with E-state index in [0.29, 0.717) is 37.8 Å². The van der Waals surface area contributed by atoms with E-state index >= 15 is 0 Å². The Labute approximate surface area is 186 Å². The molecular weight excluding hydrogens is 402 g/mol. The Hall–Kier alpha value is -3.68. The van der Waals surface area contributed by atoms with Gasteiger partial charge in [0.2, 0.25) is 5.95 Å². The smallest absolute Gasteiger partial charge is 0.270 e. The molecule has 1 amide bonds. The molecule has 0 aliphatic carbocycles. The Morgan fingerprint density at radius 1 is 0.969 bits per heavy atom. The number of benzene rings is 2. The number of carbonyl (C=O) groups is 1. The summed E-state index contributed by atoms with van der Waals surface area (Å²) >= 11 is 0. The van der Waals surface area contributed by atoms with Crippen LogP contribution in [0.4, 0.5) is 5.95 Å². The molecule has 4 aromatic rings. The first kappa shape index (κ1) is 20.2. The van der Waals surface area contributed by atoms with Crippen LogP contribution in [0.25, 0.3) is 16.6 Å². The van der Waals surface area contributed by atoms with Crippen molar-refractivity contribution in [1.29, 1.82) is 0 Å². The average molecular weight is 430 g/mol. The lowest BCUT2D eigenvalue weighted by atomic mass is 9.87. The summed E-state index contributed by atoms with van der Waals surface area (Å²) in [6.07, 6.45) is 0. The first-order chi connectivity index (χ1) is 15.4. The number of carbonyl (C=O) groups excluding carboxylic acids is 1. The summed E-state index contributed by atoms with van der Waals surface area (Å²) in [7, 11) is 0. The van der Waals surface area contributed by atoms with Crippen molar-refractivity contribution in [2.45, 2.75) is 26.2 Å². The quantitative estimate of drug-likeness (QED) is 0.540. The van der Waals surface area contributed by atoms with Crippen molar-refractivity contribution in [3.05, 3.63) is 65.9 Å². The van der Waals surface area contributed by atoms with E-state index in [1.807, 2.05) is 41.3 Å². The highest BCUT2D eigenvalue weighted by Gasteiger charge is 2.26. The van der Waals surface area contributed by atoms with Gasteiger partial charge in [0.05, 0.1) is 5.69 Å². The van der Waals surface area contributed by atoms with Crippen LogP contribution in [0.5, 0.6) is 0 Å². The minimum absolute atomic E-state index is 0.0285. The van der Waals surface area contributed by atoms with E-state index in [1.165, 1.54) is 5.56 Å². The van der Waals surface area contributed by atoms with Crippen molar-refractivity contribution in [2.24, 2.45) is 0 Å². The Balaban J connectivity index is 1.30. The number of tetrazole rings is 1. The molecule has 0 saturated carbocycles. The molecule has 0 bridgehead atoms. The van der Waals surface area contributed by atoms with Gasteiger partial charge in [0.25, 0.3) is 5.91 Å². The van der Waals surface area contributed by atoms with E-state index in [-0.39, 0.29) is 11.3 Å². The van der Waals surface area contributed by atoms with Crippen LogP contribution in [0, 0.1) is 0 Å². The summed E-state index contributed by atoms with van der Waals surface area (Å²) in [5.74, 6) is 0.726. The van der Waals surface area contributed by atoms with Crippen molar-refractivity contribution >= 4 is 22.8 Å². The summed E-state index contributed by atoms with van der Waals surface area (Å²) in [5.41, 5.74) is 3.86. The van der Waals surface area contributed by atoms with Crippen molar-refractivity contribution < 1.29 is 4.79 Å². The number of hydrogen-bond acceptors (Lipinski definition) is 5. The van der Waals surface area contributed by atoms with Gasteiger partial charge in [0, 0.05) is 37.1 Å². The van der Waals surface area contributed by atoms with Crippen molar-refractivity contribution in [2.75, 3.05) is 31.1 Å². The zero-order valence-corrected chi connectivity index (χ0v) is 18.6. The molecule has 1 fully saturated rings. The lowest BCUT2D eigenvalue weighted by Crippen LogP contribution is -2.49. The minimum atomic E-state index is 0.0285. The molecule has 0 unspecified atom stereocenters. The molecule has 0 radical (unpaired) electrons. The molecule has 5 rings (SSSR count). The molecule has 32 heavy (non-hydrogen) atoms. The highest BCUT2D eigenvalue weighted by molar-refractivity contribution is 5.98. The minimum Gasteiger partial charge on any atom is -0.351 e. The molecule has 2 aromatic carbocycles. The Morgan fingerprint density at radius 2 is 1.72 bits per heavy atom. The lowest BCUT2D eigenvalue weighted by molar-refractivity contribution is 0.0741. The van der Waals surface area contributed by atoms with Gasteiger partial charge >= 0.3 is 0 Å². The molecule has 1 saturated heterocycles. The van der Waals surface area contributed by atoms with E-state index in [2.05, 4.69) is 64.4 Å². The van der Waals surface area contributed by atoms with Crippen LogP contribution in [0.15, 0.2) is 54.6 Å². The summed E-state index contributed by atoms with van der Waals surface area (Å²) in [4.78, 5) is 20.5. The number of nitrogens with one attached hydrogen (secondary N) is 1. The third-order valence-electron chi connectivity index (χ3n) is 6.02. The van der Waals surface area contributed by atoms with Gasteiger partial charge in [-0.1, -0.05) is 56.2 Å². The Kier molecular flexibility index (Phi) is 4.92. The Morgan fingerprint density at radius 3 is 2.44 bits per heavy atom. The van der Waals surface area contributed by atoms with Crippen LogP contribution in [-0.2, 0) is 5.41 Å². The van der Waals surface area contributed by atoms with E-state index in [9.17, 15) is 4.79 Å². The van der Waals surface area contributed by atoms with Crippen LogP contribution in [0.1, 0.15) is 36.8 Å². The average Bonchev–Trinajstić information content (AvgIpc) is 3.45. The number of H-pyrrole nitrogens is 1. The largest absolute Gasteiger partial charge is 0.351 e. The summed E-state index contributed by atoms with van der Waals surface area (Å²) in [5, 5.41) is 13.3. The van der Waals surface area contributed by atoms with E-state index in [4.69, 9.17) is 0 Å². The maximum atomic E-state index is 13.2. The highest BCUT2D eigenvalue weighted by Crippen LogP contribution is 2.27. The van der Waals surface area contributed by atoms with Gasteiger partial charge in [-0.3, -0.25) is 4.79 Å². The number of aromatic amines is 1. The van der Waals surface area contributed by atoms with Gasteiger partial charge in [-0.2, -0.15) is 4.68 Å². The van der Waals surface area contributed by atoms with Gasteiger partial charge in [-0.05, 0) is 45.7 Å². The molecule has 3 heterocycles. The number of aromatic nitrogens is 5. The molecule has 8 heteroatoms. The van der Waals surface area contributed by atoms with Crippen LogP contribution in [-0.4, -0.2) is 62.2 Å². The zero-order valence-electron chi connectivity index (χ0n) is 18.6. The third-order valence-corrected chi connectivity index (χ3v) is 6.02. The number of amides is 1. The normalized spacial score (nSPS) is 14.8. The molecule has 0 spiro atoms. The van der Waals surface area contributed by atoms with E-state index in [0.717, 1.165) is 16.6 Å². The molecule has 164 valence electrons. The first-order valence-electron chi connectivity index (χ1n) is 10.9. The molecule has 0 atom stereocenters. The van der Waals surface area contributed by atoms with Crippen LogP contribution in [0.2, 0.25) is 0 Å². The molecule has 8 nitrogen and oxygen atoms in total. The number of anilines is 1. The number of hydrogen-bond donors (Lipinski definition) is 1. The summed E-state index contributed by atoms with van der Waals surface area (Å²) < 4.78 is 1.74. The molecule has 1 aliphatic heterocycles. The van der Waals surface area contributed by atoms with Crippen molar-refractivity contribution in [3.63, 3.8) is 0 Å². The van der Waals surface area contributed by atoms with Gasteiger partial charge in [0.1, 0.15) is 5.69 Å². The van der Waals surface area contributed by atoms with Gasteiger partial charge < -0.3 is 14.8 Å². The van der Waals surface area contributed by atoms with Crippen LogP contribution < -0.4 is 4.90 Å². The second kappa shape index (κ2) is 7.78. The van der Waals surface area contributed by atoms with Crippen molar-refractivity contribution in [3.8, 4) is 5.69 Å². The fraction of sp³-hybridized carbons (Fsp3) is 0.333. The number of rotatable bonds is 3. The fourth-order valence-electron chi connectivity index (χ4n) is 4.10. The molecular formula is C24H27N7O. The zero-order chi connectivity index (χ0) is 22.3. The monoisotopic (exact) mass is 429 g/mol. The number of piperazine rings is 1. The standard InChI is InChI=1S/C24H27N7O/c1-24(2,3)18-10-9-17-15-21(25-20(17)16-18)22(32)29-11-13-30(14-12-29)23-26-27-28-31(23)19-7-5-4-6-8-19/h4-10,15-16,25H,11-14H2,1-3H3. The molecule has 1 N–H and O–H groups in total. The fourth-order valence-corrected chi connectivity index (χ4v) is 4.10. The predicted octanol–water partition coefficient (Wildman–Crippen LogP) is 3.40. The molecule has 1 aliphatic rings. The predicted molar refractivity (Wildman–Crippen MR) is 124 cm³/mol. The first-order valence-corrected chi connectivity index (χ1v) is 10.9. The lowest BCUT2D eigenvalue weighted by Gasteiger charge is -2.34. The van der Waals surface area contributed by atoms with Gasteiger partial charge in [-0.15, -0.1) is 0 Å². The van der Waals surface area contributed by atoms with Crippen molar-refractivity contribution in [1.82, 2.24) is 30.1 Å². The number of nitrogens with zero attached hydrogens (tertiary/aromatic N) is 6. The second-order valence-corrected chi connectivity index (χ2v) is 9.24. The molecule has 2 aromatic heterocycles.